The fourth-order valence-corrected chi connectivity index (χ4v) is 3.42. The molecule has 0 spiro atoms. The predicted molar refractivity (Wildman–Crippen MR) is 129 cm³/mol. The smallest absolute Gasteiger partial charge is 0.435 e. The summed E-state index contributed by atoms with van der Waals surface area (Å²) in [5, 5.41) is 4.25. The van der Waals surface area contributed by atoms with Crippen molar-refractivity contribution in [3.63, 3.8) is 0 Å². The van der Waals surface area contributed by atoms with Crippen molar-refractivity contribution >= 4 is 17.8 Å². The zero-order chi connectivity index (χ0) is 24.0. The number of carbonyl (C=O) groups excluding carboxylic acids is 2. The number of amides is 1. The third-order valence-electron chi connectivity index (χ3n) is 5.19. The Morgan fingerprint density at radius 1 is 0.939 bits per heavy atom. The molecule has 0 aliphatic rings. The van der Waals surface area contributed by atoms with Crippen molar-refractivity contribution in [2.75, 3.05) is 11.9 Å². The third-order valence-corrected chi connectivity index (χ3v) is 5.19. The minimum absolute atomic E-state index is 0.115. The molecule has 33 heavy (non-hydrogen) atoms. The van der Waals surface area contributed by atoms with Gasteiger partial charge in [0.2, 0.25) is 5.91 Å². The van der Waals surface area contributed by atoms with Gasteiger partial charge in [-0.15, -0.1) is 5.10 Å². The van der Waals surface area contributed by atoms with Crippen LogP contribution >= 0.6 is 0 Å². The fraction of sp³-hybridized carbons (Fsp3) is 0.346. The number of anilines is 1. The van der Waals surface area contributed by atoms with E-state index < -0.39 is 17.7 Å². The van der Waals surface area contributed by atoms with E-state index in [4.69, 9.17) is 4.74 Å². The zero-order valence-electron chi connectivity index (χ0n) is 19.9. The van der Waals surface area contributed by atoms with Crippen molar-refractivity contribution in [2.45, 2.75) is 52.4 Å². The molecule has 1 heterocycles. The van der Waals surface area contributed by atoms with Crippen LogP contribution in [-0.2, 0) is 22.6 Å². The van der Waals surface area contributed by atoms with E-state index in [2.05, 4.69) is 34.3 Å². The molecule has 7 nitrogen and oxygen atoms in total. The van der Waals surface area contributed by atoms with Gasteiger partial charge in [-0.1, -0.05) is 60.7 Å². The fourth-order valence-electron chi connectivity index (χ4n) is 3.42. The molecule has 0 bridgehead atoms. The summed E-state index contributed by atoms with van der Waals surface area (Å²) in [6, 6.07) is 21.4. The Bertz CT molecular complexity index is 1020. The molecule has 0 radical (unpaired) electrons. The molecule has 1 amide bonds. The van der Waals surface area contributed by atoms with Crippen LogP contribution in [0.5, 0.6) is 0 Å². The molecule has 0 saturated carbocycles. The molecule has 3 rings (SSSR count). The van der Waals surface area contributed by atoms with E-state index >= 15 is 0 Å². The monoisotopic (exact) mass is 448 g/mol. The van der Waals surface area contributed by atoms with Gasteiger partial charge in [0.15, 0.2) is 5.82 Å². The lowest BCUT2D eigenvalue weighted by atomic mass is 10.1. The largest absolute Gasteiger partial charge is 0.442 e. The predicted octanol–water partition coefficient (Wildman–Crippen LogP) is 4.72. The van der Waals surface area contributed by atoms with Gasteiger partial charge in [-0.25, -0.2) is 4.79 Å². The standard InChI is InChI=1S/C26H32N4O3/c1-20(24(31)28(5)23-16-17-30(27-23)25(32)33-26(2,3)4)29(18-21-12-8-6-9-13-21)19-22-14-10-7-11-15-22/h6-17,20H,18-19H2,1-5H3/t20-/m0/s1. The van der Waals surface area contributed by atoms with Crippen LogP contribution in [0, 0.1) is 0 Å². The Kier molecular flexibility index (Phi) is 7.66. The number of ether oxygens (including phenoxy) is 1. The summed E-state index contributed by atoms with van der Waals surface area (Å²) >= 11 is 0. The van der Waals surface area contributed by atoms with Crippen LogP contribution in [0.25, 0.3) is 0 Å². The molecule has 7 heteroatoms. The maximum atomic E-state index is 13.4. The first kappa shape index (κ1) is 24.2. The molecular weight excluding hydrogens is 416 g/mol. The van der Waals surface area contributed by atoms with E-state index in [0.29, 0.717) is 18.9 Å². The molecule has 0 saturated heterocycles. The second-order valence-electron chi connectivity index (χ2n) is 9.05. The number of nitrogens with zero attached hydrogens (tertiary/aromatic N) is 4. The van der Waals surface area contributed by atoms with E-state index in [1.54, 1.807) is 33.9 Å². The highest BCUT2D eigenvalue weighted by atomic mass is 16.6. The summed E-state index contributed by atoms with van der Waals surface area (Å²) in [6.07, 6.45) is 0.918. The summed E-state index contributed by atoms with van der Waals surface area (Å²) < 4.78 is 6.46. The van der Waals surface area contributed by atoms with Crippen molar-refractivity contribution in [3.05, 3.63) is 84.1 Å². The molecule has 174 valence electrons. The lowest BCUT2D eigenvalue weighted by Crippen LogP contribution is -2.45. The minimum Gasteiger partial charge on any atom is -0.442 e. The molecule has 2 aromatic carbocycles. The lowest BCUT2D eigenvalue weighted by molar-refractivity contribution is -0.123. The molecule has 0 unspecified atom stereocenters. The van der Waals surface area contributed by atoms with Crippen LogP contribution in [0.1, 0.15) is 38.8 Å². The maximum Gasteiger partial charge on any atom is 0.435 e. The summed E-state index contributed by atoms with van der Waals surface area (Å²) in [5.41, 5.74) is 1.63. The van der Waals surface area contributed by atoms with E-state index in [1.807, 2.05) is 43.3 Å². The number of likely N-dealkylation sites (N-methyl/N-ethyl adjacent to an activating group) is 1. The molecule has 3 aromatic rings. The van der Waals surface area contributed by atoms with Crippen LogP contribution in [-0.4, -0.2) is 45.4 Å². The number of hydrogen-bond donors (Lipinski definition) is 0. The minimum atomic E-state index is -0.630. The van der Waals surface area contributed by atoms with Gasteiger partial charge in [-0.05, 0) is 38.8 Å². The molecular formula is C26H32N4O3. The van der Waals surface area contributed by atoms with E-state index in [1.165, 1.54) is 11.1 Å². The Morgan fingerprint density at radius 2 is 1.45 bits per heavy atom. The van der Waals surface area contributed by atoms with Crippen LogP contribution in [0.15, 0.2) is 72.9 Å². The Hall–Kier alpha value is -3.45. The summed E-state index contributed by atoms with van der Waals surface area (Å²) in [7, 11) is 1.67. The zero-order valence-corrected chi connectivity index (χ0v) is 19.9. The van der Waals surface area contributed by atoms with Gasteiger partial charge in [-0.3, -0.25) is 14.6 Å². The maximum absolute atomic E-state index is 13.4. The van der Waals surface area contributed by atoms with Crippen LogP contribution in [0.2, 0.25) is 0 Å². The lowest BCUT2D eigenvalue weighted by Gasteiger charge is -2.31. The Balaban J connectivity index is 1.77. The first-order valence-electron chi connectivity index (χ1n) is 11.0. The van der Waals surface area contributed by atoms with E-state index in [-0.39, 0.29) is 5.91 Å². The third kappa shape index (κ3) is 6.76. The molecule has 0 aliphatic carbocycles. The highest BCUT2D eigenvalue weighted by molar-refractivity contribution is 5.95. The second kappa shape index (κ2) is 10.4. The highest BCUT2D eigenvalue weighted by Crippen LogP contribution is 2.18. The van der Waals surface area contributed by atoms with Crippen molar-refractivity contribution < 1.29 is 14.3 Å². The van der Waals surface area contributed by atoms with Crippen LogP contribution in [0.3, 0.4) is 0 Å². The summed E-state index contributed by atoms with van der Waals surface area (Å²) in [6.45, 7) is 8.53. The van der Waals surface area contributed by atoms with Crippen molar-refractivity contribution in [1.82, 2.24) is 14.7 Å². The SMILES string of the molecule is C[C@@H](C(=O)N(C)c1ccn(C(=O)OC(C)(C)C)n1)N(Cc1ccccc1)Cc1ccccc1. The van der Waals surface area contributed by atoms with Gasteiger partial charge < -0.3 is 4.74 Å². The topological polar surface area (TPSA) is 67.7 Å². The van der Waals surface area contributed by atoms with Crippen LogP contribution in [0.4, 0.5) is 10.6 Å². The van der Waals surface area contributed by atoms with Gasteiger partial charge in [0, 0.05) is 32.4 Å². The second-order valence-corrected chi connectivity index (χ2v) is 9.05. The van der Waals surface area contributed by atoms with Gasteiger partial charge in [0.05, 0.1) is 6.04 Å². The summed E-state index contributed by atoms with van der Waals surface area (Å²) in [4.78, 5) is 29.3. The van der Waals surface area contributed by atoms with Gasteiger partial charge >= 0.3 is 6.09 Å². The molecule has 0 aliphatic heterocycles. The molecule has 0 fully saturated rings. The Labute approximate surface area is 195 Å². The van der Waals surface area contributed by atoms with E-state index in [0.717, 1.165) is 15.8 Å². The van der Waals surface area contributed by atoms with Crippen molar-refractivity contribution in [2.24, 2.45) is 0 Å². The molecule has 0 N–H and O–H groups in total. The van der Waals surface area contributed by atoms with Gasteiger partial charge in [0.25, 0.3) is 0 Å². The normalized spacial score (nSPS) is 12.4. The first-order valence-corrected chi connectivity index (χ1v) is 11.0. The quantitative estimate of drug-likeness (QED) is 0.523. The van der Waals surface area contributed by atoms with Crippen molar-refractivity contribution in [1.29, 1.82) is 0 Å². The average Bonchev–Trinajstić information content (AvgIpc) is 3.28. The van der Waals surface area contributed by atoms with E-state index in [9.17, 15) is 9.59 Å². The van der Waals surface area contributed by atoms with Crippen LogP contribution < -0.4 is 4.90 Å². The average molecular weight is 449 g/mol. The highest BCUT2D eigenvalue weighted by Gasteiger charge is 2.27. The first-order chi connectivity index (χ1) is 15.6. The van der Waals surface area contributed by atoms with Crippen molar-refractivity contribution in [3.8, 4) is 0 Å². The van der Waals surface area contributed by atoms with Gasteiger partial charge in [0.1, 0.15) is 5.60 Å². The number of carbonyl (C=O) groups is 2. The molecule has 1 aromatic heterocycles. The number of aromatic nitrogens is 2. The number of rotatable bonds is 7. The summed E-state index contributed by atoms with van der Waals surface area (Å²) in [5.74, 6) is 0.272. The van der Waals surface area contributed by atoms with Gasteiger partial charge in [-0.2, -0.15) is 4.68 Å². The molecule has 1 atom stereocenters. The Morgan fingerprint density at radius 3 is 1.94 bits per heavy atom. The number of benzene rings is 2. The number of hydrogen-bond acceptors (Lipinski definition) is 5.